The van der Waals surface area contributed by atoms with Crippen molar-refractivity contribution in [1.29, 1.82) is 0 Å². The Bertz CT molecular complexity index is 1170. The smallest absolute Gasteiger partial charge is 0.252 e. The van der Waals surface area contributed by atoms with Gasteiger partial charge in [-0.2, -0.15) is 4.98 Å². The van der Waals surface area contributed by atoms with Crippen LogP contribution in [0.3, 0.4) is 0 Å². The van der Waals surface area contributed by atoms with E-state index in [1.165, 1.54) is 0 Å². The minimum Gasteiger partial charge on any atom is -0.305 e. The summed E-state index contributed by atoms with van der Waals surface area (Å²) in [6.07, 6.45) is 1.05. The molecule has 7 heteroatoms. The van der Waals surface area contributed by atoms with Gasteiger partial charge < -0.3 is 4.90 Å². The maximum atomic E-state index is 13.2. The van der Waals surface area contributed by atoms with E-state index in [2.05, 4.69) is 15.1 Å². The number of fused-ring (bicyclic) bond motifs is 1. The molecule has 0 saturated heterocycles. The summed E-state index contributed by atoms with van der Waals surface area (Å²) >= 11 is 6.04. The molecule has 4 aromatic rings. The molecule has 6 nitrogen and oxygen atoms in total. The van der Waals surface area contributed by atoms with E-state index >= 15 is 0 Å². The molecule has 0 aliphatic rings. The van der Waals surface area contributed by atoms with Crippen LogP contribution in [0.5, 0.6) is 0 Å². The van der Waals surface area contributed by atoms with Crippen molar-refractivity contribution < 1.29 is 4.79 Å². The second-order valence-corrected chi connectivity index (χ2v) is 7.66. The van der Waals surface area contributed by atoms with Crippen LogP contribution in [0.4, 0.5) is 5.69 Å². The third kappa shape index (κ3) is 4.49. The Hall–Kier alpha value is -3.25. The molecule has 2 aromatic heterocycles. The molecule has 0 aliphatic carbocycles. The number of carbonyl (C=O) groups excluding carboxylic acids is 1. The highest BCUT2D eigenvalue weighted by Crippen LogP contribution is 2.21. The average molecular weight is 420 g/mol. The Morgan fingerprint density at radius 2 is 1.77 bits per heavy atom. The molecular formula is C23H22ClN5O. The lowest BCUT2D eigenvalue weighted by molar-refractivity contribution is -0.118. The van der Waals surface area contributed by atoms with Crippen LogP contribution in [-0.2, 0) is 17.8 Å². The first-order valence-electron chi connectivity index (χ1n) is 9.79. The Morgan fingerprint density at radius 3 is 2.50 bits per heavy atom. The molecule has 2 aromatic carbocycles. The molecule has 0 saturated carbocycles. The summed E-state index contributed by atoms with van der Waals surface area (Å²) in [5, 5.41) is 5.18. The van der Waals surface area contributed by atoms with Gasteiger partial charge in [0.1, 0.15) is 0 Å². The fraction of sp³-hybridized carbons (Fsp3) is 0.217. The monoisotopic (exact) mass is 419 g/mol. The molecule has 30 heavy (non-hydrogen) atoms. The zero-order valence-electron chi connectivity index (χ0n) is 16.9. The number of benzene rings is 2. The van der Waals surface area contributed by atoms with Crippen LogP contribution in [0.15, 0.2) is 60.7 Å². The zero-order chi connectivity index (χ0) is 21.1. The number of halogens is 1. The maximum Gasteiger partial charge on any atom is 0.252 e. The summed E-state index contributed by atoms with van der Waals surface area (Å²) in [6, 6.07) is 19.2. The molecule has 0 N–H and O–H groups in total. The Morgan fingerprint density at radius 1 is 1.03 bits per heavy atom. The Balaban J connectivity index is 1.61. The van der Waals surface area contributed by atoms with Crippen molar-refractivity contribution in [1.82, 2.24) is 19.6 Å². The standard InChI is InChI=1S/C23H22ClN5O/c1-16-14-17(2)29-23(25-16)26-21(27-29)15-28(20-11-9-19(24)10-12-20)22(30)13-8-18-6-4-3-5-7-18/h3-7,9-12,14H,8,13,15H2,1-2H3. The van der Waals surface area contributed by atoms with Crippen molar-refractivity contribution >= 4 is 29.0 Å². The van der Waals surface area contributed by atoms with Gasteiger partial charge in [0.25, 0.3) is 5.78 Å². The summed E-state index contributed by atoms with van der Waals surface area (Å²) in [6.45, 7) is 4.15. The first kappa shape index (κ1) is 20.0. The SMILES string of the molecule is Cc1cc(C)n2nc(CN(C(=O)CCc3ccccc3)c3ccc(Cl)cc3)nc2n1. The highest BCUT2D eigenvalue weighted by Gasteiger charge is 2.19. The average Bonchev–Trinajstić information content (AvgIpc) is 3.15. The minimum absolute atomic E-state index is 0.000827. The van der Waals surface area contributed by atoms with Crippen molar-refractivity contribution in [3.8, 4) is 0 Å². The summed E-state index contributed by atoms with van der Waals surface area (Å²) in [7, 11) is 0. The second-order valence-electron chi connectivity index (χ2n) is 7.22. The molecule has 152 valence electrons. The molecule has 0 unspecified atom stereocenters. The van der Waals surface area contributed by atoms with Crippen molar-refractivity contribution in [2.75, 3.05) is 4.90 Å². The van der Waals surface area contributed by atoms with E-state index in [4.69, 9.17) is 11.6 Å². The highest BCUT2D eigenvalue weighted by atomic mass is 35.5. The molecule has 0 spiro atoms. The number of amides is 1. The van der Waals surface area contributed by atoms with E-state index in [0.29, 0.717) is 29.5 Å². The van der Waals surface area contributed by atoms with Gasteiger partial charge in [-0.1, -0.05) is 41.9 Å². The minimum atomic E-state index is 0.000827. The number of anilines is 1. The summed E-state index contributed by atoms with van der Waals surface area (Å²) in [4.78, 5) is 23.8. The van der Waals surface area contributed by atoms with Crippen LogP contribution in [0, 0.1) is 13.8 Å². The van der Waals surface area contributed by atoms with E-state index in [9.17, 15) is 4.79 Å². The lowest BCUT2D eigenvalue weighted by Crippen LogP contribution is -2.31. The first-order chi connectivity index (χ1) is 14.5. The number of aryl methyl sites for hydroxylation is 3. The molecule has 0 radical (unpaired) electrons. The number of hydrogen-bond donors (Lipinski definition) is 0. The van der Waals surface area contributed by atoms with E-state index < -0.39 is 0 Å². The van der Waals surface area contributed by atoms with Crippen LogP contribution in [0.1, 0.15) is 29.2 Å². The number of nitrogens with zero attached hydrogens (tertiary/aromatic N) is 5. The van der Waals surface area contributed by atoms with Crippen LogP contribution < -0.4 is 4.90 Å². The summed E-state index contributed by atoms with van der Waals surface area (Å²) < 4.78 is 1.71. The normalized spacial score (nSPS) is 11.0. The summed E-state index contributed by atoms with van der Waals surface area (Å²) in [5.41, 5.74) is 3.72. The van der Waals surface area contributed by atoms with Gasteiger partial charge in [0.05, 0.1) is 6.54 Å². The Labute approximate surface area is 180 Å². The van der Waals surface area contributed by atoms with E-state index in [1.54, 1.807) is 21.5 Å². The van der Waals surface area contributed by atoms with Crippen LogP contribution in [0.2, 0.25) is 5.02 Å². The van der Waals surface area contributed by atoms with E-state index in [-0.39, 0.29) is 12.5 Å². The zero-order valence-corrected chi connectivity index (χ0v) is 17.7. The van der Waals surface area contributed by atoms with Crippen LogP contribution in [-0.4, -0.2) is 25.5 Å². The lowest BCUT2D eigenvalue weighted by atomic mass is 10.1. The topological polar surface area (TPSA) is 63.4 Å². The van der Waals surface area contributed by atoms with Crippen molar-refractivity contribution in [2.45, 2.75) is 33.2 Å². The second kappa shape index (κ2) is 8.63. The quantitative estimate of drug-likeness (QED) is 0.459. The molecule has 2 heterocycles. The van der Waals surface area contributed by atoms with Gasteiger partial charge in [-0.15, -0.1) is 5.10 Å². The van der Waals surface area contributed by atoms with E-state index in [1.807, 2.05) is 62.4 Å². The van der Waals surface area contributed by atoms with Gasteiger partial charge in [-0.3, -0.25) is 4.79 Å². The number of rotatable bonds is 6. The van der Waals surface area contributed by atoms with Gasteiger partial charge in [0, 0.05) is 28.5 Å². The maximum absolute atomic E-state index is 13.2. The molecule has 4 rings (SSSR count). The molecular weight excluding hydrogens is 398 g/mol. The molecule has 0 atom stereocenters. The largest absolute Gasteiger partial charge is 0.305 e. The fourth-order valence-corrected chi connectivity index (χ4v) is 3.52. The number of hydrogen-bond acceptors (Lipinski definition) is 4. The van der Waals surface area contributed by atoms with Gasteiger partial charge in [0.15, 0.2) is 5.82 Å². The van der Waals surface area contributed by atoms with Crippen molar-refractivity contribution in [3.05, 3.63) is 88.5 Å². The van der Waals surface area contributed by atoms with Gasteiger partial charge in [-0.05, 0) is 56.2 Å². The van der Waals surface area contributed by atoms with Crippen LogP contribution in [0.25, 0.3) is 5.78 Å². The fourth-order valence-electron chi connectivity index (χ4n) is 3.39. The number of aromatic nitrogens is 4. The third-order valence-corrected chi connectivity index (χ3v) is 5.12. The van der Waals surface area contributed by atoms with Crippen molar-refractivity contribution in [3.63, 3.8) is 0 Å². The van der Waals surface area contributed by atoms with Crippen molar-refractivity contribution in [2.24, 2.45) is 0 Å². The molecule has 0 aliphatic heterocycles. The lowest BCUT2D eigenvalue weighted by Gasteiger charge is -2.21. The van der Waals surface area contributed by atoms with Gasteiger partial charge in [0.2, 0.25) is 5.91 Å². The third-order valence-electron chi connectivity index (χ3n) is 4.87. The highest BCUT2D eigenvalue weighted by molar-refractivity contribution is 6.30. The summed E-state index contributed by atoms with van der Waals surface area (Å²) in [5.74, 6) is 1.08. The molecule has 0 bridgehead atoms. The van der Waals surface area contributed by atoms with E-state index in [0.717, 1.165) is 22.6 Å². The molecule has 1 amide bonds. The predicted octanol–water partition coefficient (Wildman–Crippen LogP) is 4.56. The molecule has 0 fully saturated rings. The van der Waals surface area contributed by atoms with Gasteiger partial charge >= 0.3 is 0 Å². The first-order valence-corrected chi connectivity index (χ1v) is 10.2. The predicted molar refractivity (Wildman–Crippen MR) is 118 cm³/mol. The number of carbonyl (C=O) groups is 1. The van der Waals surface area contributed by atoms with Crippen LogP contribution >= 0.6 is 11.6 Å². The van der Waals surface area contributed by atoms with Gasteiger partial charge in [-0.25, -0.2) is 9.50 Å². The Kier molecular flexibility index (Phi) is 5.77.